The first-order chi connectivity index (χ1) is 10.7. The third-order valence-corrected chi connectivity index (χ3v) is 3.78. The molecular weight excluding hydrogens is 276 g/mol. The van der Waals surface area contributed by atoms with Crippen LogP contribution in [0.1, 0.15) is 11.1 Å². The molecule has 3 rings (SSSR count). The van der Waals surface area contributed by atoms with E-state index in [-0.39, 0.29) is 0 Å². The van der Waals surface area contributed by atoms with Gasteiger partial charge in [0.15, 0.2) is 5.65 Å². The van der Waals surface area contributed by atoms with Crippen LogP contribution in [0.3, 0.4) is 0 Å². The lowest BCUT2D eigenvalue weighted by Gasteiger charge is -2.07. The van der Waals surface area contributed by atoms with E-state index < -0.39 is 0 Å². The smallest absolute Gasteiger partial charge is 0.154 e. The Hall–Kier alpha value is -2.40. The molecule has 2 aromatic heterocycles. The van der Waals surface area contributed by atoms with E-state index in [2.05, 4.69) is 47.4 Å². The Morgan fingerprint density at radius 2 is 2.00 bits per heavy atom. The van der Waals surface area contributed by atoms with Gasteiger partial charge < -0.3 is 10.1 Å². The molecule has 0 unspecified atom stereocenters. The second-order valence-corrected chi connectivity index (χ2v) is 5.35. The van der Waals surface area contributed by atoms with Crippen LogP contribution in [0.2, 0.25) is 0 Å². The maximum atomic E-state index is 5.04. The molecule has 0 saturated heterocycles. The number of methoxy groups -OCH3 is 1. The topological polar surface area (TPSA) is 51.5 Å². The third kappa shape index (κ3) is 2.80. The molecule has 0 bridgehead atoms. The Kier molecular flexibility index (Phi) is 4.06. The summed E-state index contributed by atoms with van der Waals surface area (Å²) in [4.78, 5) is 4.43. The predicted octanol–water partition coefficient (Wildman–Crippen LogP) is 3.07. The summed E-state index contributed by atoms with van der Waals surface area (Å²) in [6.45, 7) is 5.60. The van der Waals surface area contributed by atoms with E-state index in [1.54, 1.807) is 7.11 Å². The molecule has 0 aliphatic heterocycles. The van der Waals surface area contributed by atoms with Crippen LogP contribution in [0.15, 0.2) is 36.5 Å². The maximum Gasteiger partial charge on any atom is 0.154 e. The number of nitrogens with zero attached hydrogens (tertiary/aromatic N) is 3. The lowest BCUT2D eigenvalue weighted by molar-refractivity contribution is 0.210. The molecule has 0 spiro atoms. The number of ether oxygens (including phenoxy) is 1. The zero-order chi connectivity index (χ0) is 15.5. The zero-order valence-corrected chi connectivity index (χ0v) is 13.1. The summed E-state index contributed by atoms with van der Waals surface area (Å²) in [6.07, 6.45) is 1.87. The quantitative estimate of drug-likeness (QED) is 0.735. The van der Waals surface area contributed by atoms with Crippen LogP contribution in [0.25, 0.3) is 16.9 Å². The molecule has 0 amide bonds. The minimum Gasteiger partial charge on any atom is -0.383 e. The average Bonchev–Trinajstić information content (AvgIpc) is 2.93. The van der Waals surface area contributed by atoms with E-state index in [0.29, 0.717) is 6.61 Å². The van der Waals surface area contributed by atoms with Gasteiger partial charge in [-0.1, -0.05) is 12.1 Å². The van der Waals surface area contributed by atoms with Crippen LogP contribution in [0, 0.1) is 13.8 Å². The first-order valence-electron chi connectivity index (χ1n) is 7.34. The molecule has 22 heavy (non-hydrogen) atoms. The number of aryl methyl sites for hydroxylation is 2. The predicted molar refractivity (Wildman–Crippen MR) is 88.3 cm³/mol. The Bertz CT molecular complexity index is 794. The van der Waals surface area contributed by atoms with Crippen molar-refractivity contribution in [1.29, 1.82) is 0 Å². The molecule has 0 aliphatic rings. The van der Waals surface area contributed by atoms with Crippen molar-refractivity contribution in [2.75, 3.05) is 25.6 Å². The number of hydrogen-bond donors (Lipinski definition) is 1. The highest BCUT2D eigenvalue weighted by atomic mass is 16.5. The van der Waals surface area contributed by atoms with Gasteiger partial charge in [0, 0.05) is 19.2 Å². The number of fused-ring (bicyclic) bond motifs is 1. The van der Waals surface area contributed by atoms with Crippen LogP contribution < -0.4 is 5.32 Å². The molecule has 0 aliphatic carbocycles. The van der Waals surface area contributed by atoms with Crippen molar-refractivity contribution >= 4 is 11.5 Å². The number of anilines is 1. The highest BCUT2D eigenvalue weighted by Crippen LogP contribution is 2.23. The molecular formula is C17H20N4O. The highest BCUT2D eigenvalue weighted by molar-refractivity contribution is 5.64. The summed E-state index contributed by atoms with van der Waals surface area (Å²) in [7, 11) is 1.69. The minimum atomic E-state index is 0.646. The largest absolute Gasteiger partial charge is 0.383 e. The van der Waals surface area contributed by atoms with Crippen molar-refractivity contribution in [2.45, 2.75) is 13.8 Å². The molecule has 5 nitrogen and oxygen atoms in total. The lowest BCUT2D eigenvalue weighted by Crippen LogP contribution is -2.10. The van der Waals surface area contributed by atoms with Crippen LogP contribution >= 0.6 is 0 Å². The summed E-state index contributed by atoms with van der Waals surface area (Å²) in [6, 6.07) is 10.3. The van der Waals surface area contributed by atoms with E-state index in [4.69, 9.17) is 4.74 Å². The monoisotopic (exact) mass is 296 g/mol. The fourth-order valence-electron chi connectivity index (χ4n) is 2.35. The molecule has 0 saturated carbocycles. The summed E-state index contributed by atoms with van der Waals surface area (Å²) in [5, 5.41) is 7.86. The second-order valence-electron chi connectivity index (χ2n) is 5.35. The summed E-state index contributed by atoms with van der Waals surface area (Å²) >= 11 is 0. The van der Waals surface area contributed by atoms with E-state index in [1.165, 1.54) is 11.1 Å². The summed E-state index contributed by atoms with van der Waals surface area (Å²) < 4.78 is 6.92. The first kappa shape index (κ1) is 14.5. The number of hydrogen-bond acceptors (Lipinski definition) is 4. The summed E-state index contributed by atoms with van der Waals surface area (Å²) in [5.74, 6) is 0.813. The number of benzene rings is 1. The molecule has 114 valence electrons. The van der Waals surface area contributed by atoms with Gasteiger partial charge in [-0.05, 0) is 43.2 Å². The number of rotatable bonds is 5. The molecule has 2 heterocycles. The van der Waals surface area contributed by atoms with Crippen molar-refractivity contribution in [3.8, 4) is 11.3 Å². The Morgan fingerprint density at radius 3 is 2.77 bits per heavy atom. The van der Waals surface area contributed by atoms with E-state index in [1.807, 2.05) is 22.8 Å². The number of imidazole rings is 1. The molecule has 1 N–H and O–H groups in total. The van der Waals surface area contributed by atoms with Crippen LogP contribution in [-0.2, 0) is 4.74 Å². The van der Waals surface area contributed by atoms with Gasteiger partial charge in [-0.3, -0.25) is 0 Å². The van der Waals surface area contributed by atoms with Crippen LogP contribution in [0.4, 0.5) is 5.82 Å². The number of aromatic nitrogens is 3. The van der Waals surface area contributed by atoms with Crippen molar-refractivity contribution in [2.24, 2.45) is 0 Å². The Balaban J connectivity index is 1.98. The molecule has 3 aromatic rings. The lowest BCUT2D eigenvalue weighted by atomic mass is 10.0. The molecule has 0 atom stereocenters. The van der Waals surface area contributed by atoms with Gasteiger partial charge >= 0.3 is 0 Å². The van der Waals surface area contributed by atoms with Gasteiger partial charge in [0.2, 0.25) is 0 Å². The van der Waals surface area contributed by atoms with Crippen molar-refractivity contribution in [1.82, 2.24) is 14.6 Å². The molecule has 1 aromatic carbocycles. The van der Waals surface area contributed by atoms with Gasteiger partial charge in [-0.15, -0.1) is 5.10 Å². The summed E-state index contributed by atoms with van der Waals surface area (Å²) in [5.41, 5.74) is 5.51. The van der Waals surface area contributed by atoms with Gasteiger partial charge in [0.25, 0.3) is 0 Å². The third-order valence-electron chi connectivity index (χ3n) is 3.78. The Morgan fingerprint density at radius 1 is 1.14 bits per heavy atom. The van der Waals surface area contributed by atoms with E-state index in [9.17, 15) is 0 Å². The van der Waals surface area contributed by atoms with E-state index >= 15 is 0 Å². The van der Waals surface area contributed by atoms with Crippen molar-refractivity contribution in [3.63, 3.8) is 0 Å². The van der Waals surface area contributed by atoms with Gasteiger partial charge in [0.05, 0.1) is 18.5 Å². The maximum absolute atomic E-state index is 5.04. The number of nitrogens with one attached hydrogen (secondary N) is 1. The minimum absolute atomic E-state index is 0.646. The van der Waals surface area contributed by atoms with Gasteiger partial charge in [-0.25, -0.2) is 9.50 Å². The van der Waals surface area contributed by atoms with Gasteiger partial charge in [-0.2, -0.15) is 0 Å². The van der Waals surface area contributed by atoms with Gasteiger partial charge in [0.1, 0.15) is 5.82 Å². The first-order valence-corrected chi connectivity index (χ1v) is 7.34. The van der Waals surface area contributed by atoms with Crippen LogP contribution in [-0.4, -0.2) is 34.9 Å². The second kappa shape index (κ2) is 6.15. The molecule has 0 radical (unpaired) electrons. The average molecular weight is 296 g/mol. The fourth-order valence-corrected chi connectivity index (χ4v) is 2.35. The fraction of sp³-hybridized carbons (Fsp3) is 0.294. The van der Waals surface area contributed by atoms with Crippen LogP contribution in [0.5, 0.6) is 0 Å². The van der Waals surface area contributed by atoms with E-state index in [0.717, 1.165) is 29.3 Å². The molecule has 0 fully saturated rings. The molecule has 5 heteroatoms. The van der Waals surface area contributed by atoms with Crippen molar-refractivity contribution in [3.05, 3.63) is 47.7 Å². The normalized spacial score (nSPS) is 11.0. The standard InChI is InChI=1S/C17H20N4O/c1-12-4-5-14(10-13(12)2)15-11-19-17-7-6-16(20-21(15)17)18-8-9-22-3/h4-7,10-11H,8-9H2,1-3H3,(H,18,20). The van der Waals surface area contributed by atoms with Crippen molar-refractivity contribution < 1.29 is 4.74 Å². The Labute approximate surface area is 130 Å². The zero-order valence-electron chi connectivity index (χ0n) is 13.1. The SMILES string of the molecule is COCCNc1ccc2ncc(-c3ccc(C)c(C)c3)n2n1. The highest BCUT2D eigenvalue weighted by Gasteiger charge is 2.08.